The van der Waals surface area contributed by atoms with Crippen molar-refractivity contribution >= 4 is 12.1 Å². The van der Waals surface area contributed by atoms with Crippen molar-refractivity contribution in [2.75, 3.05) is 13.2 Å². The molecule has 0 bridgehead atoms. The van der Waals surface area contributed by atoms with Crippen molar-refractivity contribution in [2.24, 2.45) is 0 Å². The van der Waals surface area contributed by atoms with E-state index in [0.717, 1.165) is 0 Å². The summed E-state index contributed by atoms with van der Waals surface area (Å²) in [7, 11) is 0. The van der Waals surface area contributed by atoms with Gasteiger partial charge in [0.15, 0.2) is 0 Å². The van der Waals surface area contributed by atoms with Crippen molar-refractivity contribution in [3.05, 3.63) is 0 Å². The summed E-state index contributed by atoms with van der Waals surface area (Å²) in [6.45, 7) is 0.0987. The van der Waals surface area contributed by atoms with Crippen LogP contribution in [0.2, 0.25) is 0 Å². The molecule has 2 fully saturated rings. The second-order valence-corrected chi connectivity index (χ2v) is 2.91. The Morgan fingerprint density at radius 2 is 2.08 bits per heavy atom. The summed E-state index contributed by atoms with van der Waals surface area (Å²) < 4.78 is 0. The van der Waals surface area contributed by atoms with E-state index in [1.54, 1.807) is 0 Å². The molecule has 7 nitrogen and oxygen atoms in total. The Kier molecular flexibility index (Phi) is 1.73. The van der Waals surface area contributed by atoms with E-state index in [-0.39, 0.29) is 37.5 Å². The van der Waals surface area contributed by atoms with E-state index in [4.69, 9.17) is 5.11 Å². The van der Waals surface area contributed by atoms with Crippen molar-refractivity contribution in [3.8, 4) is 0 Å². The van der Waals surface area contributed by atoms with Crippen molar-refractivity contribution in [1.82, 2.24) is 20.9 Å². The molecule has 2 atom stereocenters. The molecule has 0 spiro atoms. The normalized spacial score (nSPS) is 31.0. The van der Waals surface area contributed by atoms with E-state index in [1.807, 2.05) is 0 Å². The summed E-state index contributed by atoms with van der Waals surface area (Å²) in [4.78, 5) is 23.4. The molecule has 0 aliphatic carbocycles. The number of nitrogens with zero attached hydrogens (tertiary/aromatic N) is 1. The summed E-state index contributed by atoms with van der Waals surface area (Å²) in [5.74, 6) is 0. The van der Waals surface area contributed by atoms with Gasteiger partial charge in [-0.05, 0) is 0 Å². The monoisotopic (exact) mass is 186 g/mol. The van der Waals surface area contributed by atoms with Crippen LogP contribution in [-0.4, -0.2) is 47.6 Å². The number of hydrogen-bond acceptors (Lipinski definition) is 3. The number of carbonyl (C=O) groups is 2. The fraction of sp³-hybridized carbons (Fsp3) is 0.667. The number of amides is 4. The van der Waals surface area contributed by atoms with Gasteiger partial charge < -0.3 is 21.1 Å². The average molecular weight is 186 g/mol. The number of aliphatic hydroxyl groups is 1. The second-order valence-electron chi connectivity index (χ2n) is 2.91. The van der Waals surface area contributed by atoms with Gasteiger partial charge >= 0.3 is 12.1 Å². The summed E-state index contributed by atoms with van der Waals surface area (Å²) in [5.41, 5.74) is 0. The fourth-order valence-electron chi connectivity index (χ4n) is 1.54. The molecule has 2 aliphatic rings. The lowest BCUT2D eigenvalue weighted by Crippen LogP contribution is -2.44. The predicted octanol–water partition coefficient (Wildman–Crippen LogP) is -2.03. The van der Waals surface area contributed by atoms with Crippen LogP contribution >= 0.6 is 0 Å². The van der Waals surface area contributed by atoms with Gasteiger partial charge in [0, 0.05) is 6.54 Å². The first-order valence-corrected chi connectivity index (χ1v) is 3.97. The Morgan fingerprint density at radius 1 is 1.31 bits per heavy atom. The van der Waals surface area contributed by atoms with Crippen LogP contribution in [0.3, 0.4) is 0 Å². The van der Waals surface area contributed by atoms with Gasteiger partial charge in [0.1, 0.15) is 12.3 Å². The Bertz CT molecular complexity index is 256. The van der Waals surface area contributed by atoms with Crippen LogP contribution in [0.15, 0.2) is 0 Å². The zero-order chi connectivity index (χ0) is 9.42. The van der Waals surface area contributed by atoms with Crippen LogP contribution in [-0.2, 0) is 0 Å². The predicted molar refractivity (Wildman–Crippen MR) is 41.6 cm³/mol. The first-order valence-electron chi connectivity index (χ1n) is 3.97. The van der Waals surface area contributed by atoms with Gasteiger partial charge in [-0.2, -0.15) is 0 Å². The average Bonchev–Trinajstić information content (AvgIpc) is 2.52. The van der Waals surface area contributed by atoms with Gasteiger partial charge in [-0.3, -0.25) is 4.90 Å². The van der Waals surface area contributed by atoms with E-state index in [0.29, 0.717) is 0 Å². The van der Waals surface area contributed by atoms with Gasteiger partial charge in [0.25, 0.3) is 0 Å². The Hall–Kier alpha value is -1.50. The molecular formula is C6H10N4O3. The molecule has 2 heterocycles. The van der Waals surface area contributed by atoms with Gasteiger partial charge in [0.2, 0.25) is 0 Å². The van der Waals surface area contributed by atoms with E-state index >= 15 is 0 Å². The molecule has 0 aromatic heterocycles. The lowest BCUT2D eigenvalue weighted by molar-refractivity contribution is 0.171. The highest BCUT2D eigenvalue weighted by Crippen LogP contribution is 2.12. The highest BCUT2D eigenvalue weighted by atomic mass is 16.3. The molecule has 2 aliphatic heterocycles. The maximum absolute atomic E-state index is 11.2. The third kappa shape index (κ3) is 1.17. The molecule has 2 rings (SSSR count). The maximum atomic E-state index is 11.2. The first kappa shape index (κ1) is 8.11. The number of rotatable bonds is 2. The highest BCUT2D eigenvalue weighted by Gasteiger charge is 2.44. The molecule has 0 saturated carbocycles. The molecule has 0 radical (unpaired) electrons. The minimum atomic E-state index is -0.383. The van der Waals surface area contributed by atoms with Crippen LogP contribution in [0, 0.1) is 0 Å². The van der Waals surface area contributed by atoms with Crippen LogP contribution in [0.1, 0.15) is 0 Å². The van der Waals surface area contributed by atoms with Gasteiger partial charge in [-0.1, -0.05) is 0 Å². The van der Waals surface area contributed by atoms with Crippen LogP contribution < -0.4 is 16.0 Å². The van der Waals surface area contributed by atoms with E-state index in [2.05, 4.69) is 16.0 Å². The number of aliphatic hydroxyl groups excluding tert-OH is 1. The van der Waals surface area contributed by atoms with Crippen molar-refractivity contribution in [3.63, 3.8) is 0 Å². The number of β-amino-alcohol motifs (C(OH)–C–C–N with tert-alkyl or cyclic N) is 1. The smallest absolute Gasteiger partial charge is 0.320 e. The molecule has 13 heavy (non-hydrogen) atoms. The number of nitrogens with one attached hydrogen (secondary N) is 3. The third-order valence-corrected chi connectivity index (χ3v) is 2.10. The number of carbonyl (C=O) groups excluding carboxylic acids is 2. The highest BCUT2D eigenvalue weighted by molar-refractivity contribution is 5.84. The fourth-order valence-corrected chi connectivity index (χ4v) is 1.54. The van der Waals surface area contributed by atoms with Gasteiger partial charge in [0.05, 0.1) is 6.61 Å². The molecule has 0 aromatic carbocycles. The lowest BCUT2D eigenvalue weighted by atomic mass is 10.4. The SMILES string of the molecule is O=C1N[C@@H]2NC(=O)N(CCO)[C@H]2N1. The van der Waals surface area contributed by atoms with Crippen molar-refractivity contribution < 1.29 is 14.7 Å². The number of urea groups is 2. The molecule has 0 aromatic rings. The van der Waals surface area contributed by atoms with Crippen molar-refractivity contribution in [1.29, 1.82) is 0 Å². The van der Waals surface area contributed by atoms with Crippen molar-refractivity contribution in [2.45, 2.75) is 12.3 Å². The largest absolute Gasteiger partial charge is 0.395 e. The molecule has 4 amide bonds. The van der Waals surface area contributed by atoms with Crippen LogP contribution in [0.25, 0.3) is 0 Å². The molecule has 72 valence electrons. The topological polar surface area (TPSA) is 93.7 Å². The maximum Gasteiger partial charge on any atom is 0.320 e. The first-order chi connectivity index (χ1) is 6.22. The summed E-state index contributed by atoms with van der Waals surface area (Å²) in [5, 5.41) is 16.3. The standard InChI is InChI=1S/C6H10N4O3/c11-2-1-10-4-3(8-6(10)13)7-5(12)9-4/h3-4,11H,1-2H2,(H,8,13)(H2,7,9,12)/t3-,4-/m1/s1. The van der Waals surface area contributed by atoms with E-state index in [1.165, 1.54) is 4.90 Å². The summed E-state index contributed by atoms with van der Waals surface area (Å²) in [6, 6.07) is -0.588. The molecule has 4 N–H and O–H groups in total. The number of hydrogen-bond donors (Lipinski definition) is 4. The Balaban J connectivity index is 2.10. The quantitative estimate of drug-likeness (QED) is 0.400. The minimum absolute atomic E-state index is 0.119. The van der Waals surface area contributed by atoms with Gasteiger partial charge in [-0.15, -0.1) is 0 Å². The molecular weight excluding hydrogens is 176 g/mol. The summed E-state index contributed by atoms with van der Waals surface area (Å²) in [6.07, 6.45) is -0.765. The van der Waals surface area contributed by atoms with E-state index < -0.39 is 0 Å². The lowest BCUT2D eigenvalue weighted by Gasteiger charge is -2.19. The second kappa shape index (κ2) is 2.77. The molecule has 2 saturated heterocycles. The Morgan fingerprint density at radius 3 is 2.77 bits per heavy atom. The van der Waals surface area contributed by atoms with Crippen LogP contribution in [0.4, 0.5) is 9.59 Å². The van der Waals surface area contributed by atoms with Gasteiger partial charge in [-0.25, -0.2) is 9.59 Å². The zero-order valence-corrected chi connectivity index (χ0v) is 6.78. The summed E-state index contributed by atoms with van der Waals surface area (Å²) >= 11 is 0. The molecule has 0 unspecified atom stereocenters. The third-order valence-electron chi connectivity index (χ3n) is 2.10. The number of fused-ring (bicyclic) bond motifs is 1. The van der Waals surface area contributed by atoms with Crippen LogP contribution in [0.5, 0.6) is 0 Å². The van der Waals surface area contributed by atoms with E-state index in [9.17, 15) is 9.59 Å². The minimum Gasteiger partial charge on any atom is -0.395 e. The Labute approximate surface area is 74.1 Å². The zero-order valence-electron chi connectivity index (χ0n) is 6.78. The molecule has 7 heteroatoms.